The highest BCUT2D eigenvalue weighted by molar-refractivity contribution is 7.80. The van der Waals surface area contributed by atoms with E-state index in [1.54, 1.807) is 0 Å². The molecule has 0 amide bonds. The number of hydrogen-bond acceptors (Lipinski definition) is 1. The van der Waals surface area contributed by atoms with E-state index in [9.17, 15) is 0 Å². The van der Waals surface area contributed by atoms with Crippen LogP contribution in [0.15, 0.2) is 0 Å². The fourth-order valence-corrected chi connectivity index (χ4v) is 4.48. The molecule has 1 atom stereocenters. The summed E-state index contributed by atoms with van der Waals surface area (Å²) in [6.07, 6.45) is 2.23. The molecule has 0 aromatic carbocycles. The molecule has 0 aromatic rings. The van der Waals surface area contributed by atoms with Crippen LogP contribution in [0, 0.1) is 5.92 Å². The summed E-state index contributed by atoms with van der Waals surface area (Å²) in [6.45, 7) is 2.12. The van der Waals surface area contributed by atoms with Crippen molar-refractivity contribution in [3.8, 4) is 0 Å². The zero-order chi connectivity index (χ0) is 8.91. The van der Waals surface area contributed by atoms with Gasteiger partial charge in [-0.25, -0.2) is 0 Å². The van der Waals surface area contributed by atoms with E-state index in [0.717, 1.165) is 24.6 Å². The maximum absolute atomic E-state index is 5.76. The highest BCUT2D eigenvalue weighted by atomic mass is 35.8. The third-order valence-corrected chi connectivity index (χ3v) is 4.30. The van der Waals surface area contributed by atoms with Crippen molar-refractivity contribution >= 4 is 51.9 Å². The van der Waals surface area contributed by atoms with Gasteiger partial charge in [-0.3, -0.25) is 0 Å². The normalized spacial score (nSPS) is 15.0. The lowest BCUT2D eigenvalue weighted by molar-refractivity contribution is 0.577. The number of halogens is 3. The lowest BCUT2D eigenvalue weighted by Gasteiger charge is -2.14. The molecule has 68 valence electrons. The lowest BCUT2D eigenvalue weighted by atomic mass is 10.1. The summed E-state index contributed by atoms with van der Waals surface area (Å²) in [5, 5.41) is 0. The van der Waals surface area contributed by atoms with Crippen LogP contribution in [0.2, 0.25) is 6.04 Å². The minimum atomic E-state index is -2.38. The average Bonchev–Trinajstić information content (AvgIpc) is 1.79. The van der Waals surface area contributed by atoms with Crippen LogP contribution in [-0.2, 0) is 0 Å². The second-order valence-corrected chi connectivity index (χ2v) is 12.4. The number of rotatable bonds is 5. The van der Waals surface area contributed by atoms with Crippen molar-refractivity contribution in [3.63, 3.8) is 0 Å². The maximum Gasteiger partial charge on any atom is 0.341 e. The van der Waals surface area contributed by atoms with Crippen molar-refractivity contribution in [1.82, 2.24) is 0 Å². The topological polar surface area (TPSA) is 0 Å². The van der Waals surface area contributed by atoms with E-state index in [-0.39, 0.29) is 0 Å². The van der Waals surface area contributed by atoms with Gasteiger partial charge in [-0.1, -0.05) is 13.3 Å². The first-order valence-electron chi connectivity index (χ1n) is 3.63. The Hall–Kier alpha value is 1.44. The molecular formula is C6H13Cl3SSi. The first-order chi connectivity index (χ1) is 4.95. The number of thiol groups is 1. The van der Waals surface area contributed by atoms with E-state index in [1.165, 1.54) is 0 Å². The molecule has 0 heterocycles. The Morgan fingerprint density at radius 2 is 1.91 bits per heavy atom. The third-order valence-electron chi connectivity index (χ3n) is 1.43. The summed E-state index contributed by atoms with van der Waals surface area (Å²) in [6, 6.07) is -1.61. The Kier molecular flexibility index (Phi) is 6.76. The SMILES string of the molecule is CC(CCCS)C[Si](Cl)(Cl)Cl. The second kappa shape index (κ2) is 5.98. The molecule has 0 saturated heterocycles. The molecular weight excluding hydrogens is 239 g/mol. The van der Waals surface area contributed by atoms with E-state index >= 15 is 0 Å². The molecule has 0 nitrogen and oxygen atoms in total. The Morgan fingerprint density at radius 1 is 1.36 bits per heavy atom. The van der Waals surface area contributed by atoms with Crippen molar-refractivity contribution in [2.45, 2.75) is 25.8 Å². The predicted molar refractivity (Wildman–Crippen MR) is 60.4 cm³/mol. The lowest BCUT2D eigenvalue weighted by Crippen LogP contribution is -2.13. The van der Waals surface area contributed by atoms with Gasteiger partial charge in [-0.05, 0) is 24.1 Å². The van der Waals surface area contributed by atoms with E-state index in [1.807, 2.05) is 0 Å². The molecule has 0 N–H and O–H groups in total. The zero-order valence-corrected chi connectivity index (χ0v) is 10.6. The van der Waals surface area contributed by atoms with Crippen molar-refractivity contribution in [2.24, 2.45) is 5.92 Å². The first-order valence-corrected chi connectivity index (χ1v) is 9.51. The molecule has 0 fully saturated rings. The van der Waals surface area contributed by atoms with E-state index < -0.39 is 6.00 Å². The van der Waals surface area contributed by atoms with Crippen molar-refractivity contribution < 1.29 is 0 Å². The summed E-state index contributed by atoms with van der Waals surface area (Å²) >= 11 is 21.4. The quantitative estimate of drug-likeness (QED) is 0.426. The Labute approximate surface area is 89.1 Å². The Balaban J connectivity index is 3.44. The van der Waals surface area contributed by atoms with Gasteiger partial charge in [0.2, 0.25) is 0 Å². The molecule has 0 aliphatic rings. The van der Waals surface area contributed by atoms with Gasteiger partial charge < -0.3 is 0 Å². The molecule has 0 saturated carbocycles. The summed E-state index contributed by atoms with van der Waals surface area (Å²) in [5.41, 5.74) is 0. The van der Waals surface area contributed by atoms with E-state index in [0.29, 0.717) is 5.92 Å². The number of hydrogen-bond donors (Lipinski definition) is 1. The van der Waals surface area contributed by atoms with Crippen molar-refractivity contribution in [1.29, 1.82) is 0 Å². The molecule has 5 heteroatoms. The second-order valence-electron chi connectivity index (χ2n) is 2.79. The minimum absolute atomic E-state index is 0.529. The van der Waals surface area contributed by atoms with Gasteiger partial charge in [0.05, 0.1) is 0 Å². The fraction of sp³-hybridized carbons (Fsp3) is 1.00. The summed E-state index contributed by atoms with van der Waals surface area (Å²) in [7, 11) is 0. The molecule has 0 bridgehead atoms. The monoisotopic (exact) mass is 250 g/mol. The smallest absolute Gasteiger partial charge is 0.179 e. The largest absolute Gasteiger partial charge is 0.341 e. The van der Waals surface area contributed by atoms with Crippen LogP contribution in [0.25, 0.3) is 0 Å². The van der Waals surface area contributed by atoms with Crippen LogP contribution in [0.5, 0.6) is 0 Å². The summed E-state index contributed by atoms with van der Waals surface area (Å²) < 4.78 is 0. The Morgan fingerprint density at radius 3 is 2.27 bits per heavy atom. The van der Waals surface area contributed by atoms with Crippen LogP contribution in [0.3, 0.4) is 0 Å². The van der Waals surface area contributed by atoms with Crippen LogP contribution < -0.4 is 0 Å². The van der Waals surface area contributed by atoms with Crippen LogP contribution in [-0.4, -0.2) is 11.8 Å². The highest BCUT2D eigenvalue weighted by Crippen LogP contribution is 2.30. The van der Waals surface area contributed by atoms with Gasteiger partial charge in [0.15, 0.2) is 0 Å². The standard InChI is InChI=1S/C6H13Cl3SSi/c1-6(3-2-4-10)5-11(7,8)9/h6,10H,2-5H2,1H3. The summed E-state index contributed by atoms with van der Waals surface area (Å²) in [5.74, 6) is 1.45. The molecule has 11 heavy (non-hydrogen) atoms. The van der Waals surface area contributed by atoms with Crippen LogP contribution in [0.4, 0.5) is 0 Å². The molecule has 0 rings (SSSR count). The predicted octanol–water partition coefficient (Wildman–Crippen LogP) is 3.99. The third kappa shape index (κ3) is 9.35. The summed E-state index contributed by atoms with van der Waals surface area (Å²) in [4.78, 5) is 0. The van der Waals surface area contributed by atoms with Gasteiger partial charge in [-0.15, -0.1) is 33.2 Å². The minimum Gasteiger partial charge on any atom is -0.179 e. The van der Waals surface area contributed by atoms with E-state index in [4.69, 9.17) is 33.2 Å². The van der Waals surface area contributed by atoms with Gasteiger partial charge >= 0.3 is 6.00 Å². The van der Waals surface area contributed by atoms with Crippen LogP contribution >= 0.6 is 45.9 Å². The Bertz CT molecular complexity index is 104. The highest BCUT2D eigenvalue weighted by Gasteiger charge is 2.27. The van der Waals surface area contributed by atoms with Crippen molar-refractivity contribution in [2.75, 3.05) is 5.75 Å². The molecule has 1 unspecified atom stereocenters. The van der Waals surface area contributed by atoms with Gasteiger partial charge in [-0.2, -0.15) is 12.6 Å². The molecule has 0 spiro atoms. The van der Waals surface area contributed by atoms with E-state index in [2.05, 4.69) is 19.6 Å². The maximum atomic E-state index is 5.76. The molecule has 0 radical (unpaired) electrons. The molecule has 0 aromatic heterocycles. The first kappa shape index (κ1) is 12.4. The fourth-order valence-electron chi connectivity index (χ4n) is 0.937. The van der Waals surface area contributed by atoms with Crippen molar-refractivity contribution in [3.05, 3.63) is 0 Å². The van der Waals surface area contributed by atoms with Gasteiger partial charge in [0.25, 0.3) is 0 Å². The molecule has 0 aliphatic carbocycles. The van der Waals surface area contributed by atoms with Crippen LogP contribution in [0.1, 0.15) is 19.8 Å². The zero-order valence-electron chi connectivity index (χ0n) is 6.49. The van der Waals surface area contributed by atoms with Gasteiger partial charge in [0, 0.05) is 0 Å². The average molecular weight is 252 g/mol. The van der Waals surface area contributed by atoms with Gasteiger partial charge in [0.1, 0.15) is 0 Å². The molecule has 0 aliphatic heterocycles.